The van der Waals surface area contributed by atoms with Crippen LogP contribution >= 0.6 is 15.9 Å². The van der Waals surface area contributed by atoms with Gasteiger partial charge in [-0.1, -0.05) is 58.9 Å². The zero-order valence-corrected chi connectivity index (χ0v) is 14.5. The lowest BCUT2D eigenvalue weighted by Crippen LogP contribution is -1.99. The number of imidazole rings is 1. The molecule has 3 heteroatoms. The fourth-order valence-electron chi connectivity index (χ4n) is 2.55. The number of rotatable bonds is 4. The van der Waals surface area contributed by atoms with E-state index in [4.69, 9.17) is 4.98 Å². The topological polar surface area (TPSA) is 17.8 Å². The normalized spacial score (nSPS) is 11.0. The molecule has 1 aromatic heterocycles. The van der Waals surface area contributed by atoms with Crippen LogP contribution in [0.2, 0.25) is 0 Å². The van der Waals surface area contributed by atoms with E-state index in [0.29, 0.717) is 0 Å². The molecule has 0 bridgehead atoms. The summed E-state index contributed by atoms with van der Waals surface area (Å²) in [5.74, 6) is 0.909. The summed E-state index contributed by atoms with van der Waals surface area (Å²) in [6.45, 7) is 5.92. The van der Waals surface area contributed by atoms with Crippen LogP contribution in [-0.2, 0) is 0 Å². The molecule has 0 amide bonds. The van der Waals surface area contributed by atoms with Crippen molar-refractivity contribution in [2.75, 3.05) is 0 Å². The molecule has 0 saturated heterocycles. The summed E-state index contributed by atoms with van der Waals surface area (Å²) in [4.78, 5) is 4.80. The maximum atomic E-state index is 4.80. The SMILES string of the molecule is C=Cc1nc(-c2ccc(Br)cc2)n(-c2ccccc2)c1/C=C\C. The zero-order chi connectivity index (χ0) is 16.2. The Hall–Kier alpha value is -2.39. The van der Waals surface area contributed by atoms with Gasteiger partial charge in [-0.15, -0.1) is 0 Å². The van der Waals surface area contributed by atoms with Crippen molar-refractivity contribution in [3.05, 3.63) is 83.1 Å². The Balaban J connectivity index is 2.31. The number of hydrogen-bond donors (Lipinski definition) is 0. The van der Waals surface area contributed by atoms with Crippen LogP contribution < -0.4 is 0 Å². The number of aromatic nitrogens is 2. The Morgan fingerprint density at radius 1 is 1.04 bits per heavy atom. The van der Waals surface area contributed by atoms with Gasteiger partial charge in [-0.25, -0.2) is 4.98 Å². The summed E-state index contributed by atoms with van der Waals surface area (Å²) in [7, 11) is 0. The van der Waals surface area contributed by atoms with E-state index in [1.165, 1.54) is 0 Å². The van der Waals surface area contributed by atoms with E-state index in [2.05, 4.69) is 57.4 Å². The lowest BCUT2D eigenvalue weighted by atomic mass is 10.2. The highest BCUT2D eigenvalue weighted by atomic mass is 79.9. The largest absolute Gasteiger partial charge is 0.292 e. The summed E-state index contributed by atoms with van der Waals surface area (Å²) in [6, 6.07) is 18.5. The Bertz CT molecular complexity index is 843. The van der Waals surface area contributed by atoms with Crippen molar-refractivity contribution in [3.8, 4) is 17.1 Å². The van der Waals surface area contributed by atoms with Crippen LogP contribution in [0.3, 0.4) is 0 Å². The molecule has 0 radical (unpaired) electrons. The summed E-state index contributed by atoms with van der Waals surface area (Å²) < 4.78 is 3.22. The minimum Gasteiger partial charge on any atom is -0.292 e. The molecule has 0 aliphatic rings. The predicted molar refractivity (Wildman–Crippen MR) is 101 cm³/mol. The second-order valence-electron chi connectivity index (χ2n) is 5.09. The van der Waals surface area contributed by atoms with Gasteiger partial charge in [0.2, 0.25) is 0 Å². The van der Waals surface area contributed by atoms with Crippen LogP contribution in [0.5, 0.6) is 0 Å². The third kappa shape index (κ3) is 3.06. The van der Waals surface area contributed by atoms with Crippen molar-refractivity contribution in [2.45, 2.75) is 6.92 Å². The molecule has 3 rings (SSSR count). The molecule has 0 unspecified atom stereocenters. The van der Waals surface area contributed by atoms with Gasteiger partial charge in [0.1, 0.15) is 5.82 Å². The van der Waals surface area contributed by atoms with E-state index < -0.39 is 0 Å². The van der Waals surface area contributed by atoms with E-state index in [0.717, 1.165) is 32.9 Å². The molecule has 23 heavy (non-hydrogen) atoms. The molecule has 0 aliphatic carbocycles. The Kier molecular flexibility index (Phi) is 4.58. The third-order valence-electron chi connectivity index (χ3n) is 3.58. The molecule has 0 N–H and O–H groups in total. The maximum Gasteiger partial charge on any atom is 0.145 e. The standard InChI is InChI=1S/C20H17BrN2/c1-3-8-19-18(4-2)22-20(15-11-13-16(21)14-12-15)23(19)17-9-6-5-7-10-17/h3-14H,2H2,1H3/b8-3-. The lowest BCUT2D eigenvalue weighted by Gasteiger charge is -2.11. The quantitative estimate of drug-likeness (QED) is 0.556. The van der Waals surface area contributed by atoms with E-state index in [9.17, 15) is 0 Å². The van der Waals surface area contributed by atoms with Crippen molar-refractivity contribution in [1.82, 2.24) is 9.55 Å². The first kappa shape index (κ1) is 15.5. The highest BCUT2D eigenvalue weighted by Gasteiger charge is 2.16. The van der Waals surface area contributed by atoms with Gasteiger partial charge >= 0.3 is 0 Å². The molecular formula is C20H17BrN2. The third-order valence-corrected chi connectivity index (χ3v) is 4.10. The second kappa shape index (κ2) is 6.80. The van der Waals surface area contributed by atoms with Crippen LogP contribution in [0, 0.1) is 0 Å². The highest BCUT2D eigenvalue weighted by Crippen LogP contribution is 2.29. The van der Waals surface area contributed by atoms with Crippen LogP contribution in [0.15, 0.2) is 71.7 Å². The van der Waals surface area contributed by atoms with Gasteiger partial charge in [0.05, 0.1) is 11.4 Å². The van der Waals surface area contributed by atoms with Gasteiger partial charge < -0.3 is 0 Å². The average Bonchev–Trinajstić information content (AvgIpc) is 2.95. The zero-order valence-electron chi connectivity index (χ0n) is 12.9. The van der Waals surface area contributed by atoms with Crippen molar-refractivity contribution in [2.24, 2.45) is 0 Å². The molecule has 0 spiro atoms. The van der Waals surface area contributed by atoms with E-state index in [1.54, 1.807) is 6.08 Å². The van der Waals surface area contributed by atoms with Crippen molar-refractivity contribution in [1.29, 1.82) is 0 Å². The van der Waals surface area contributed by atoms with Gasteiger partial charge in [0, 0.05) is 15.7 Å². The first-order valence-corrected chi connectivity index (χ1v) is 8.23. The molecule has 0 atom stereocenters. The summed E-state index contributed by atoms with van der Waals surface area (Å²) in [5.41, 5.74) is 4.06. The van der Waals surface area contributed by atoms with Crippen molar-refractivity contribution in [3.63, 3.8) is 0 Å². The number of nitrogens with zero attached hydrogens (tertiary/aromatic N) is 2. The van der Waals surface area contributed by atoms with Crippen LogP contribution in [-0.4, -0.2) is 9.55 Å². The minimum atomic E-state index is 0.880. The number of halogens is 1. The smallest absolute Gasteiger partial charge is 0.145 e. The van der Waals surface area contributed by atoms with Crippen LogP contribution in [0.4, 0.5) is 0 Å². The van der Waals surface area contributed by atoms with E-state index in [-0.39, 0.29) is 0 Å². The lowest BCUT2D eigenvalue weighted by molar-refractivity contribution is 1.05. The predicted octanol–water partition coefficient (Wildman–Crippen LogP) is 5.98. The van der Waals surface area contributed by atoms with Gasteiger partial charge in [0.25, 0.3) is 0 Å². The first-order chi connectivity index (χ1) is 11.2. The minimum absolute atomic E-state index is 0.880. The maximum absolute atomic E-state index is 4.80. The van der Waals surface area contributed by atoms with Gasteiger partial charge in [-0.05, 0) is 43.3 Å². The first-order valence-electron chi connectivity index (χ1n) is 7.44. The Labute approximate surface area is 144 Å². The molecular weight excluding hydrogens is 348 g/mol. The van der Waals surface area contributed by atoms with Crippen molar-refractivity contribution < 1.29 is 0 Å². The second-order valence-corrected chi connectivity index (χ2v) is 6.00. The van der Waals surface area contributed by atoms with Gasteiger partial charge in [-0.3, -0.25) is 4.57 Å². The molecule has 2 aromatic carbocycles. The van der Waals surface area contributed by atoms with Gasteiger partial charge in [0.15, 0.2) is 0 Å². The Morgan fingerprint density at radius 3 is 2.35 bits per heavy atom. The fourth-order valence-corrected chi connectivity index (χ4v) is 2.81. The summed E-state index contributed by atoms with van der Waals surface area (Å²) >= 11 is 3.49. The molecule has 2 nitrogen and oxygen atoms in total. The van der Waals surface area contributed by atoms with Crippen molar-refractivity contribution >= 4 is 28.1 Å². The van der Waals surface area contributed by atoms with Crippen LogP contribution in [0.1, 0.15) is 18.3 Å². The molecule has 114 valence electrons. The fraction of sp³-hybridized carbons (Fsp3) is 0.0500. The Morgan fingerprint density at radius 2 is 1.74 bits per heavy atom. The highest BCUT2D eigenvalue weighted by molar-refractivity contribution is 9.10. The van der Waals surface area contributed by atoms with Crippen LogP contribution in [0.25, 0.3) is 29.2 Å². The molecule has 0 aliphatic heterocycles. The van der Waals surface area contributed by atoms with Gasteiger partial charge in [-0.2, -0.15) is 0 Å². The summed E-state index contributed by atoms with van der Waals surface area (Å²) in [6.07, 6.45) is 5.89. The number of benzene rings is 2. The number of hydrogen-bond acceptors (Lipinski definition) is 1. The number of allylic oxidation sites excluding steroid dienone is 1. The summed E-state index contributed by atoms with van der Waals surface area (Å²) in [5, 5.41) is 0. The van der Waals surface area contributed by atoms with E-state index >= 15 is 0 Å². The molecule has 0 saturated carbocycles. The molecule has 0 fully saturated rings. The van der Waals surface area contributed by atoms with E-state index in [1.807, 2.05) is 43.3 Å². The monoisotopic (exact) mass is 364 g/mol. The number of para-hydroxylation sites is 1. The average molecular weight is 365 g/mol. The molecule has 3 aromatic rings. The molecule has 1 heterocycles.